The Morgan fingerprint density at radius 3 is 2.70 bits per heavy atom. The predicted molar refractivity (Wildman–Crippen MR) is 86.6 cm³/mol. The third kappa shape index (κ3) is 2.77. The average Bonchev–Trinajstić information content (AvgIpc) is 2.86. The molecule has 0 aliphatic carbocycles. The molecule has 1 unspecified atom stereocenters. The maximum absolute atomic E-state index is 13.8. The first kappa shape index (κ1) is 13.7. The highest BCUT2D eigenvalue weighted by Gasteiger charge is 2.13. The maximum atomic E-state index is 13.8. The molecule has 4 heteroatoms. The summed E-state index contributed by atoms with van der Waals surface area (Å²) in [6, 6.07) is 15.2. The standard InChI is InChI=1S/C16H13BrFNS/c17-12-6-5-10(13(18)9-12)7-14(19)16-8-11-3-1-2-4-15(11)20-16/h1-6,8-9,14H,7,19H2. The van der Waals surface area contributed by atoms with Crippen LogP contribution in [0.15, 0.2) is 53.0 Å². The molecule has 2 aromatic carbocycles. The summed E-state index contributed by atoms with van der Waals surface area (Å²) in [5, 5.41) is 1.19. The second-order valence-electron chi connectivity index (χ2n) is 4.73. The van der Waals surface area contributed by atoms with Crippen LogP contribution in [0.1, 0.15) is 16.5 Å². The SMILES string of the molecule is NC(Cc1ccc(Br)cc1F)c1cc2ccccc2s1. The Bertz CT molecular complexity index is 720. The third-order valence-electron chi connectivity index (χ3n) is 3.26. The minimum Gasteiger partial charge on any atom is -0.323 e. The smallest absolute Gasteiger partial charge is 0.127 e. The summed E-state index contributed by atoms with van der Waals surface area (Å²) < 4.78 is 15.8. The molecule has 1 nitrogen and oxygen atoms in total. The van der Waals surface area contributed by atoms with Crippen LogP contribution in [0.25, 0.3) is 10.1 Å². The summed E-state index contributed by atoms with van der Waals surface area (Å²) in [5.41, 5.74) is 6.88. The van der Waals surface area contributed by atoms with Gasteiger partial charge in [-0.25, -0.2) is 4.39 Å². The summed E-state index contributed by atoms with van der Waals surface area (Å²) in [6.07, 6.45) is 0.506. The van der Waals surface area contributed by atoms with E-state index in [1.54, 1.807) is 17.4 Å². The number of halogens is 2. The molecule has 1 aromatic heterocycles. The molecular weight excluding hydrogens is 337 g/mol. The topological polar surface area (TPSA) is 26.0 Å². The first-order valence-electron chi connectivity index (χ1n) is 6.31. The molecule has 0 aliphatic rings. The van der Waals surface area contributed by atoms with Crippen LogP contribution < -0.4 is 5.73 Å². The first-order chi connectivity index (χ1) is 9.63. The summed E-state index contributed by atoms with van der Waals surface area (Å²) in [4.78, 5) is 1.09. The van der Waals surface area contributed by atoms with Gasteiger partial charge in [0.25, 0.3) is 0 Å². The maximum Gasteiger partial charge on any atom is 0.127 e. The molecule has 102 valence electrons. The average molecular weight is 350 g/mol. The van der Waals surface area contributed by atoms with Crippen molar-refractivity contribution in [1.82, 2.24) is 0 Å². The van der Waals surface area contributed by atoms with Crippen LogP contribution in [0.5, 0.6) is 0 Å². The van der Waals surface area contributed by atoms with E-state index in [1.165, 1.54) is 16.2 Å². The number of hydrogen-bond donors (Lipinski definition) is 1. The molecule has 0 bridgehead atoms. The molecule has 1 atom stereocenters. The molecule has 0 saturated heterocycles. The Balaban J connectivity index is 1.86. The molecule has 0 radical (unpaired) electrons. The molecular formula is C16H13BrFNS. The van der Waals surface area contributed by atoms with Gasteiger partial charge in [-0.05, 0) is 41.6 Å². The van der Waals surface area contributed by atoms with Gasteiger partial charge in [-0.3, -0.25) is 0 Å². The van der Waals surface area contributed by atoms with Gasteiger partial charge in [0, 0.05) is 20.1 Å². The molecule has 1 heterocycles. The lowest BCUT2D eigenvalue weighted by Gasteiger charge is -2.10. The van der Waals surface area contributed by atoms with Gasteiger partial charge >= 0.3 is 0 Å². The van der Waals surface area contributed by atoms with E-state index in [1.807, 2.05) is 18.2 Å². The van der Waals surface area contributed by atoms with Crippen molar-refractivity contribution in [3.05, 3.63) is 69.3 Å². The quantitative estimate of drug-likeness (QED) is 0.703. The number of hydrogen-bond acceptors (Lipinski definition) is 2. The fourth-order valence-electron chi connectivity index (χ4n) is 2.21. The first-order valence-corrected chi connectivity index (χ1v) is 7.92. The lowest BCUT2D eigenvalue weighted by molar-refractivity contribution is 0.594. The molecule has 0 amide bonds. The Labute approximate surface area is 129 Å². The van der Waals surface area contributed by atoms with Crippen LogP contribution in [0.4, 0.5) is 4.39 Å². The molecule has 0 saturated carbocycles. The van der Waals surface area contributed by atoms with Crippen molar-refractivity contribution < 1.29 is 4.39 Å². The van der Waals surface area contributed by atoms with E-state index in [0.717, 1.165) is 9.35 Å². The van der Waals surface area contributed by atoms with Crippen LogP contribution >= 0.6 is 27.3 Å². The minimum atomic E-state index is -0.212. The van der Waals surface area contributed by atoms with Gasteiger partial charge in [0.05, 0.1) is 0 Å². The Morgan fingerprint density at radius 1 is 1.15 bits per heavy atom. The zero-order chi connectivity index (χ0) is 14.1. The van der Waals surface area contributed by atoms with Crippen LogP contribution in [0, 0.1) is 5.82 Å². The highest BCUT2D eigenvalue weighted by atomic mass is 79.9. The van der Waals surface area contributed by atoms with E-state index in [4.69, 9.17) is 5.73 Å². The van der Waals surface area contributed by atoms with Gasteiger partial charge in [0.1, 0.15) is 5.82 Å². The number of thiophene rings is 1. The van der Waals surface area contributed by atoms with Crippen molar-refractivity contribution in [2.45, 2.75) is 12.5 Å². The van der Waals surface area contributed by atoms with E-state index < -0.39 is 0 Å². The van der Waals surface area contributed by atoms with Gasteiger partial charge < -0.3 is 5.73 Å². The zero-order valence-corrected chi connectivity index (χ0v) is 13.0. The van der Waals surface area contributed by atoms with E-state index in [0.29, 0.717) is 12.0 Å². The van der Waals surface area contributed by atoms with Crippen LogP contribution in [0.3, 0.4) is 0 Å². The van der Waals surface area contributed by atoms with Crippen LogP contribution in [0.2, 0.25) is 0 Å². The largest absolute Gasteiger partial charge is 0.323 e. The second-order valence-corrected chi connectivity index (χ2v) is 6.76. The minimum absolute atomic E-state index is 0.178. The Hall–Kier alpha value is -1.23. The Morgan fingerprint density at radius 2 is 1.95 bits per heavy atom. The summed E-state index contributed by atoms with van der Waals surface area (Å²) in [6.45, 7) is 0. The van der Waals surface area contributed by atoms with Crippen molar-refractivity contribution in [2.24, 2.45) is 5.73 Å². The van der Waals surface area contributed by atoms with Gasteiger partial charge in [0.15, 0.2) is 0 Å². The van der Waals surface area contributed by atoms with Crippen molar-refractivity contribution >= 4 is 37.4 Å². The fraction of sp³-hybridized carbons (Fsp3) is 0.125. The highest BCUT2D eigenvalue weighted by molar-refractivity contribution is 9.10. The van der Waals surface area contributed by atoms with E-state index in [2.05, 4.69) is 34.1 Å². The second kappa shape index (κ2) is 5.64. The zero-order valence-electron chi connectivity index (χ0n) is 10.6. The highest BCUT2D eigenvalue weighted by Crippen LogP contribution is 2.30. The van der Waals surface area contributed by atoms with Gasteiger partial charge in [-0.1, -0.05) is 40.2 Å². The predicted octanol–water partition coefficient (Wildman–Crippen LogP) is 5.05. The van der Waals surface area contributed by atoms with E-state index in [9.17, 15) is 4.39 Å². The van der Waals surface area contributed by atoms with Crippen molar-refractivity contribution in [1.29, 1.82) is 0 Å². The molecule has 3 rings (SSSR count). The van der Waals surface area contributed by atoms with Gasteiger partial charge in [0.2, 0.25) is 0 Å². The van der Waals surface area contributed by atoms with E-state index in [-0.39, 0.29) is 11.9 Å². The number of nitrogens with two attached hydrogens (primary N) is 1. The van der Waals surface area contributed by atoms with Gasteiger partial charge in [-0.2, -0.15) is 0 Å². The van der Waals surface area contributed by atoms with E-state index >= 15 is 0 Å². The summed E-state index contributed by atoms with van der Waals surface area (Å²) in [5.74, 6) is -0.212. The molecule has 0 aliphatic heterocycles. The van der Waals surface area contributed by atoms with Gasteiger partial charge in [-0.15, -0.1) is 11.3 Å². The summed E-state index contributed by atoms with van der Waals surface area (Å²) in [7, 11) is 0. The van der Waals surface area contributed by atoms with Crippen molar-refractivity contribution in [2.75, 3.05) is 0 Å². The lowest BCUT2D eigenvalue weighted by Crippen LogP contribution is -2.12. The molecule has 0 spiro atoms. The number of fused-ring (bicyclic) bond motifs is 1. The number of rotatable bonds is 3. The Kier molecular flexibility index (Phi) is 3.87. The normalized spacial score (nSPS) is 12.8. The van der Waals surface area contributed by atoms with Crippen molar-refractivity contribution in [3.8, 4) is 0 Å². The van der Waals surface area contributed by atoms with Crippen LogP contribution in [-0.4, -0.2) is 0 Å². The third-order valence-corrected chi connectivity index (χ3v) is 5.01. The van der Waals surface area contributed by atoms with Crippen LogP contribution in [-0.2, 0) is 6.42 Å². The molecule has 20 heavy (non-hydrogen) atoms. The molecule has 3 aromatic rings. The number of benzene rings is 2. The summed E-state index contributed by atoms with van der Waals surface area (Å²) >= 11 is 4.94. The van der Waals surface area contributed by atoms with Crippen molar-refractivity contribution in [3.63, 3.8) is 0 Å². The molecule has 0 fully saturated rings. The fourth-order valence-corrected chi connectivity index (χ4v) is 3.61. The molecule has 2 N–H and O–H groups in total. The lowest BCUT2D eigenvalue weighted by atomic mass is 10.0. The monoisotopic (exact) mass is 349 g/mol.